The Morgan fingerprint density at radius 3 is 2.35 bits per heavy atom. The number of carbonyl (C=O) groups is 1. The summed E-state index contributed by atoms with van der Waals surface area (Å²) < 4.78 is 0.783. The van der Waals surface area contributed by atoms with Gasteiger partial charge < -0.3 is 15.5 Å². The third-order valence-electron chi connectivity index (χ3n) is 2.67. The molecule has 0 aliphatic carbocycles. The Bertz CT molecular complexity index is 587. The van der Waals surface area contributed by atoms with Crippen LogP contribution >= 0.6 is 15.9 Å². The quantitative estimate of drug-likeness (QED) is 0.773. The average molecular weight is 338 g/mol. The topological polar surface area (TPSA) is 95.3 Å². The van der Waals surface area contributed by atoms with Gasteiger partial charge in [-0.05, 0) is 33.6 Å². The van der Waals surface area contributed by atoms with Crippen molar-refractivity contribution in [2.45, 2.75) is 5.92 Å². The van der Waals surface area contributed by atoms with E-state index in [0.717, 1.165) is 10.2 Å². The number of nitrogens with zero attached hydrogens (tertiary/aromatic N) is 2. The zero-order valence-electron chi connectivity index (χ0n) is 10.3. The lowest BCUT2D eigenvalue weighted by Gasteiger charge is -2.10. The Morgan fingerprint density at radius 2 is 1.85 bits per heavy atom. The molecular formula is C13H12BrN3O3. The van der Waals surface area contributed by atoms with Gasteiger partial charge in [-0.2, -0.15) is 0 Å². The smallest absolute Gasteiger partial charge is 0.313 e. The predicted molar refractivity (Wildman–Crippen MR) is 76.9 cm³/mol. The maximum Gasteiger partial charge on any atom is 0.313 e. The molecule has 0 saturated carbocycles. The first-order valence-electron chi connectivity index (χ1n) is 5.78. The molecule has 20 heavy (non-hydrogen) atoms. The molecule has 3 N–H and O–H groups in total. The van der Waals surface area contributed by atoms with Crippen molar-refractivity contribution in [1.82, 2.24) is 9.97 Å². The molecule has 0 spiro atoms. The highest BCUT2D eigenvalue weighted by atomic mass is 79.9. The standard InChI is InChI=1S/C13H12BrN3O3/c14-9-5-15-13(16-6-9)17-10-3-1-8(2-4-10)11(7-18)12(19)20/h1-6,11,18H,7H2,(H,19,20)(H,15,16,17). The minimum atomic E-state index is -1.05. The minimum Gasteiger partial charge on any atom is -0.481 e. The van der Waals surface area contributed by atoms with E-state index in [0.29, 0.717) is 11.5 Å². The molecule has 1 heterocycles. The molecule has 1 aromatic heterocycles. The monoisotopic (exact) mass is 337 g/mol. The van der Waals surface area contributed by atoms with E-state index in [1.807, 2.05) is 0 Å². The first-order chi connectivity index (χ1) is 9.60. The molecule has 2 aromatic rings. The van der Waals surface area contributed by atoms with E-state index < -0.39 is 18.5 Å². The van der Waals surface area contributed by atoms with Crippen molar-refractivity contribution in [2.75, 3.05) is 11.9 Å². The van der Waals surface area contributed by atoms with Crippen molar-refractivity contribution in [3.05, 3.63) is 46.7 Å². The summed E-state index contributed by atoms with van der Waals surface area (Å²) in [6, 6.07) is 6.73. The molecule has 2 rings (SSSR count). The molecule has 6 nitrogen and oxygen atoms in total. The van der Waals surface area contributed by atoms with Crippen molar-refractivity contribution in [2.24, 2.45) is 0 Å². The van der Waals surface area contributed by atoms with Crippen LogP contribution in [-0.4, -0.2) is 32.8 Å². The van der Waals surface area contributed by atoms with Crippen LogP contribution in [0.15, 0.2) is 41.1 Å². The van der Waals surface area contributed by atoms with Gasteiger partial charge in [-0.1, -0.05) is 12.1 Å². The average Bonchev–Trinajstić information content (AvgIpc) is 2.44. The molecule has 7 heteroatoms. The number of nitrogens with one attached hydrogen (secondary N) is 1. The number of hydrogen-bond donors (Lipinski definition) is 3. The van der Waals surface area contributed by atoms with Gasteiger partial charge in [0.1, 0.15) is 5.92 Å². The Hall–Kier alpha value is -1.99. The molecule has 104 valence electrons. The van der Waals surface area contributed by atoms with E-state index in [4.69, 9.17) is 10.2 Å². The summed E-state index contributed by atoms with van der Waals surface area (Å²) in [7, 11) is 0. The lowest BCUT2D eigenvalue weighted by Crippen LogP contribution is -2.15. The zero-order valence-corrected chi connectivity index (χ0v) is 11.9. The molecule has 1 aromatic carbocycles. The van der Waals surface area contributed by atoms with Crippen LogP contribution < -0.4 is 5.32 Å². The van der Waals surface area contributed by atoms with Gasteiger partial charge in [-0.25, -0.2) is 9.97 Å². The van der Waals surface area contributed by atoms with E-state index in [-0.39, 0.29) is 0 Å². The highest BCUT2D eigenvalue weighted by molar-refractivity contribution is 9.10. The number of benzene rings is 1. The van der Waals surface area contributed by atoms with Crippen LogP contribution in [-0.2, 0) is 4.79 Å². The van der Waals surface area contributed by atoms with Gasteiger partial charge in [0.25, 0.3) is 0 Å². The highest BCUT2D eigenvalue weighted by Gasteiger charge is 2.18. The largest absolute Gasteiger partial charge is 0.481 e. The summed E-state index contributed by atoms with van der Waals surface area (Å²) in [4.78, 5) is 19.1. The molecule has 0 fully saturated rings. The molecule has 0 saturated heterocycles. The molecule has 0 radical (unpaired) electrons. The fraction of sp³-hybridized carbons (Fsp3) is 0.154. The second-order valence-corrected chi connectivity index (χ2v) is 4.96. The van der Waals surface area contributed by atoms with E-state index in [1.54, 1.807) is 36.7 Å². The normalized spacial score (nSPS) is 11.9. The Morgan fingerprint density at radius 1 is 1.25 bits per heavy atom. The maximum absolute atomic E-state index is 10.9. The van der Waals surface area contributed by atoms with Crippen LogP contribution in [0.3, 0.4) is 0 Å². The third-order valence-corrected chi connectivity index (χ3v) is 3.08. The Balaban J connectivity index is 2.12. The lowest BCUT2D eigenvalue weighted by molar-refractivity contribution is -0.139. The van der Waals surface area contributed by atoms with Crippen molar-refractivity contribution < 1.29 is 15.0 Å². The number of halogens is 1. The molecule has 1 unspecified atom stereocenters. The number of anilines is 2. The van der Waals surface area contributed by atoms with Gasteiger partial charge >= 0.3 is 5.97 Å². The molecule has 0 amide bonds. The third kappa shape index (κ3) is 3.52. The molecule has 1 atom stereocenters. The fourth-order valence-corrected chi connectivity index (χ4v) is 1.84. The van der Waals surface area contributed by atoms with E-state index in [2.05, 4.69) is 31.2 Å². The summed E-state index contributed by atoms with van der Waals surface area (Å²) >= 11 is 3.25. The van der Waals surface area contributed by atoms with E-state index in [1.165, 1.54) is 0 Å². The second-order valence-electron chi connectivity index (χ2n) is 4.05. The maximum atomic E-state index is 10.9. The van der Waals surface area contributed by atoms with E-state index in [9.17, 15) is 4.79 Å². The molecule has 0 bridgehead atoms. The van der Waals surface area contributed by atoms with Crippen molar-refractivity contribution >= 4 is 33.5 Å². The number of carboxylic acids is 1. The van der Waals surface area contributed by atoms with Gasteiger partial charge in [0, 0.05) is 18.1 Å². The first-order valence-corrected chi connectivity index (χ1v) is 6.57. The minimum absolute atomic E-state index is 0.433. The van der Waals surface area contributed by atoms with Gasteiger partial charge in [-0.3, -0.25) is 4.79 Å². The second kappa shape index (κ2) is 6.44. The van der Waals surface area contributed by atoms with Crippen LogP contribution in [0.25, 0.3) is 0 Å². The van der Waals surface area contributed by atoms with Crippen molar-refractivity contribution in [3.8, 4) is 0 Å². The van der Waals surface area contributed by atoms with Crippen LogP contribution in [0, 0.1) is 0 Å². The van der Waals surface area contributed by atoms with Gasteiger partial charge in [0.15, 0.2) is 0 Å². The summed E-state index contributed by atoms with van der Waals surface area (Å²) in [6.07, 6.45) is 3.24. The first kappa shape index (κ1) is 14.4. The number of aromatic nitrogens is 2. The lowest BCUT2D eigenvalue weighted by atomic mass is 10.00. The summed E-state index contributed by atoms with van der Waals surface area (Å²) in [5.41, 5.74) is 1.28. The van der Waals surface area contributed by atoms with Crippen LogP contribution in [0.2, 0.25) is 0 Å². The Kier molecular flexibility index (Phi) is 4.65. The van der Waals surface area contributed by atoms with E-state index >= 15 is 0 Å². The SMILES string of the molecule is O=C(O)C(CO)c1ccc(Nc2ncc(Br)cn2)cc1. The van der Waals surface area contributed by atoms with Crippen LogP contribution in [0.5, 0.6) is 0 Å². The summed E-state index contributed by atoms with van der Waals surface area (Å²) in [5.74, 6) is -1.52. The fourth-order valence-electron chi connectivity index (χ4n) is 1.63. The van der Waals surface area contributed by atoms with Crippen LogP contribution in [0.1, 0.15) is 11.5 Å². The number of hydrogen-bond acceptors (Lipinski definition) is 5. The van der Waals surface area contributed by atoms with Gasteiger partial charge in [0.2, 0.25) is 5.95 Å². The number of rotatable bonds is 5. The van der Waals surface area contributed by atoms with Gasteiger partial charge in [0.05, 0.1) is 11.1 Å². The number of aliphatic hydroxyl groups excluding tert-OH is 1. The van der Waals surface area contributed by atoms with Crippen LogP contribution in [0.4, 0.5) is 11.6 Å². The zero-order chi connectivity index (χ0) is 14.5. The van der Waals surface area contributed by atoms with Crippen molar-refractivity contribution in [3.63, 3.8) is 0 Å². The van der Waals surface area contributed by atoms with Crippen molar-refractivity contribution in [1.29, 1.82) is 0 Å². The highest BCUT2D eigenvalue weighted by Crippen LogP contribution is 2.20. The van der Waals surface area contributed by atoms with Gasteiger partial charge in [-0.15, -0.1) is 0 Å². The number of carboxylic acid groups (broad SMARTS) is 1. The number of aliphatic hydroxyl groups is 1. The Labute approximate surface area is 123 Å². The molecular weight excluding hydrogens is 326 g/mol. The molecule has 0 aliphatic heterocycles. The predicted octanol–water partition coefficient (Wildman–Crippen LogP) is 2.14. The number of aliphatic carboxylic acids is 1. The summed E-state index contributed by atoms with van der Waals surface area (Å²) in [6.45, 7) is -0.433. The molecule has 0 aliphatic rings. The summed E-state index contributed by atoms with van der Waals surface area (Å²) in [5, 5.41) is 21.0.